The van der Waals surface area contributed by atoms with E-state index in [1.807, 2.05) is 41.5 Å². The molecule has 0 radical (unpaired) electrons. The predicted molar refractivity (Wildman–Crippen MR) is 120 cm³/mol. The average Bonchev–Trinajstić information content (AvgIpc) is 2.58. The predicted octanol–water partition coefficient (Wildman–Crippen LogP) is 5.10. The second kappa shape index (κ2) is 8.83. The summed E-state index contributed by atoms with van der Waals surface area (Å²) in [4.78, 5) is 23.4. The molecule has 0 atom stereocenters. The van der Waals surface area contributed by atoms with Crippen molar-refractivity contribution in [3.05, 3.63) is 46.5 Å². The van der Waals surface area contributed by atoms with Crippen LogP contribution in [0, 0.1) is 0 Å². The molecule has 2 aromatic carbocycles. The first-order valence-electron chi connectivity index (χ1n) is 9.93. The van der Waals surface area contributed by atoms with Crippen molar-refractivity contribution in [2.75, 3.05) is 0 Å². The maximum absolute atomic E-state index is 11.3. The third-order valence-electron chi connectivity index (χ3n) is 4.94. The minimum atomic E-state index is -1.06. The Kier molecular flexibility index (Phi) is 7.00. The molecule has 0 unspecified atom stereocenters. The topological polar surface area (TPSA) is 115 Å². The molecule has 0 amide bonds. The van der Waals surface area contributed by atoms with Gasteiger partial charge in [0.1, 0.15) is 11.5 Å². The van der Waals surface area contributed by atoms with Crippen LogP contribution in [0.2, 0.25) is 0 Å². The Bertz CT molecular complexity index is 931. The summed E-state index contributed by atoms with van der Waals surface area (Å²) in [6, 6.07) is 6.94. The quantitative estimate of drug-likeness (QED) is 0.488. The molecule has 168 valence electrons. The van der Waals surface area contributed by atoms with Crippen LogP contribution < -0.4 is 0 Å². The van der Waals surface area contributed by atoms with Gasteiger partial charge in [0, 0.05) is 11.1 Å². The third-order valence-corrected chi connectivity index (χ3v) is 6.01. The maximum atomic E-state index is 11.3. The Hall–Kier alpha value is -2.67. The van der Waals surface area contributed by atoms with Gasteiger partial charge in [-0.3, -0.25) is 9.59 Å². The molecule has 0 aliphatic carbocycles. The zero-order chi connectivity index (χ0) is 23.7. The number of hydrogen-bond donors (Lipinski definition) is 4. The standard InChI is InChI=1S/C24H30O6S/c1-23(2,3)15-7-13(9-19(25)26)21(29)17(11-15)31-18-12-16(24(4,5)6)8-14(22(18)30)10-20(27)28/h7-8,11-12,29-30H,9-10H2,1-6H3,(H,25,26)(H,27,28). The zero-order valence-electron chi connectivity index (χ0n) is 18.7. The van der Waals surface area contributed by atoms with Crippen LogP contribution in [0.25, 0.3) is 0 Å². The molecule has 0 fully saturated rings. The van der Waals surface area contributed by atoms with E-state index in [9.17, 15) is 30.0 Å². The van der Waals surface area contributed by atoms with Crippen molar-refractivity contribution in [3.63, 3.8) is 0 Å². The molecule has 31 heavy (non-hydrogen) atoms. The van der Waals surface area contributed by atoms with E-state index in [4.69, 9.17) is 0 Å². The summed E-state index contributed by atoms with van der Waals surface area (Å²) in [5.74, 6) is -2.42. The lowest BCUT2D eigenvalue weighted by atomic mass is 9.85. The number of rotatable bonds is 6. The van der Waals surface area contributed by atoms with Gasteiger partial charge in [-0.05, 0) is 34.1 Å². The minimum absolute atomic E-state index is 0.152. The van der Waals surface area contributed by atoms with Gasteiger partial charge in [0.15, 0.2) is 0 Å². The van der Waals surface area contributed by atoms with Crippen molar-refractivity contribution in [3.8, 4) is 11.5 Å². The summed E-state index contributed by atoms with van der Waals surface area (Å²) < 4.78 is 0. The number of aliphatic carboxylic acids is 2. The average molecular weight is 447 g/mol. The van der Waals surface area contributed by atoms with Crippen LogP contribution in [0.5, 0.6) is 11.5 Å². The van der Waals surface area contributed by atoms with Crippen molar-refractivity contribution in [1.29, 1.82) is 0 Å². The Morgan fingerprint density at radius 3 is 1.29 bits per heavy atom. The molecule has 0 aliphatic rings. The monoisotopic (exact) mass is 446 g/mol. The molecular formula is C24H30O6S. The van der Waals surface area contributed by atoms with Crippen LogP contribution in [0.1, 0.15) is 63.8 Å². The van der Waals surface area contributed by atoms with E-state index in [1.54, 1.807) is 24.3 Å². The van der Waals surface area contributed by atoms with E-state index < -0.39 is 11.9 Å². The summed E-state index contributed by atoms with van der Waals surface area (Å²) in [5, 5.41) is 40.0. The molecule has 0 heterocycles. The zero-order valence-corrected chi connectivity index (χ0v) is 19.6. The van der Waals surface area contributed by atoms with Crippen molar-refractivity contribution >= 4 is 23.7 Å². The molecule has 2 aromatic rings. The summed E-state index contributed by atoms with van der Waals surface area (Å²) in [5.41, 5.74) is 1.70. The van der Waals surface area contributed by atoms with Gasteiger partial charge in [-0.1, -0.05) is 65.4 Å². The van der Waals surface area contributed by atoms with Crippen LogP contribution in [0.15, 0.2) is 34.1 Å². The molecule has 2 rings (SSSR count). The first-order chi connectivity index (χ1) is 14.1. The highest BCUT2D eigenvalue weighted by Gasteiger charge is 2.24. The summed E-state index contributed by atoms with van der Waals surface area (Å²) in [6.07, 6.45) is -0.664. The van der Waals surface area contributed by atoms with Crippen molar-refractivity contribution in [1.82, 2.24) is 0 Å². The molecule has 0 saturated carbocycles. The first-order valence-corrected chi connectivity index (χ1v) is 10.8. The fourth-order valence-corrected chi connectivity index (χ4v) is 4.13. The lowest BCUT2D eigenvalue weighted by Crippen LogP contribution is -2.13. The van der Waals surface area contributed by atoms with Crippen molar-refractivity contribution in [2.45, 2.75) is 75.0 Å². The summed E-state index contributed by atoms with van der Waals surface area (Å²) in [6.45, 7) is 11.9. The van der Waals surface area contributed by atoms with Gasteiger partial charge in [0.2, 0.25) is 0 Å². The van der Waals surface area contributed by atoms with Crippen LogP contribution >= 0.6 is 11.8 Å². The van der Waals surface area contributed by atoms with E-state index in [0.717, 1.165) is 22.9 Å². The SMILES string of the molecule is CC(C)(C)c1cc(CC(=O)O)c(O)c(Sc2cc(C(C)(C)C)cc(CC(=O)O)c2O)c1. The summed E-state index contributed by atoms with van der Waals surface area (Å²) in [7, 11) is 0. The first kappa shape index (κ1) is 24.6. The van der Waals surface area contributed by atoms with Gasteiger partial charge in [0.05, 0.1) is 22.6 Å². The summed E-state index contributed by atoms with van der Waals surface area (Å²) >= 11 is 1.10. The van der Waals surface area contributed by atoms with E-state index >= 15 is 0 Å². The molecule has 0 aromatic heterocycles. The Morgan fingerprint density at radius 2 is 1.03 bits per heavy atom. The lowest BCUT2D eigenvalue weighted by molar-refractivity contribution is -0.137. The third kappa shape index (κ3) is 6.17. The van der Waals surface area contributed by atoms with Gasteiger partial charge >= 0.3 is 11.9 Å². The Labute approximate surface area is 186 Å². The number of hydrogen-bond acceptors (Lipinski definition) is 5. The van der Waals surface area contributed by atoms with E-state index in [2.05, 4.69) is 0 Å². The maximum Gasteiger partial charge on any atom is 0.307 e. The van der Waals surface area contributed by atoms with Gasteiger partial charge in [-0.15, -0.1) is 0 Å². The second-order valence-corrected chi connectivity index (χ2v) is 10.8. The number of carboxylic acid groups (broad SMARTS) is 2. The molecule has 4 N–H and O–H groups in total. The number of carboxylic acids is 2. The highest BCUT2D eigenvalue weighted by Crippen LogP contribution is 2.45. The highest BCUT2D eigenvalue weighted by molar-refractivity contribution is 7.99. The van der Waals surface area contributed by atoms with Gasteiger partial charge in [0.25, 0.3) is 0 Å². The van der Waals surface area contributed by atoms with E-state index in [0.29, 0.717) is 20.9 Å². The molecule has 0 spiro atoms. The van der Waals surface area contributed by atoms with Crippen molar-refractivity contribution < 1.29 is 30.0 Å². The fourth-order valence-electron chi connectivity index (χ4n) is 3.07. The minimum Gasteiger partial charge on any atom is -0.506 e. The van der Waals surface area contributed by atoms with E-state index in [-0.39, 0.29) is 35.2 Å². The second-order valence-electron chi connectivity index (χ2n) is 9.71. The van der Waals surface area contributed by atoms with Gasteiger partial charge < -0.3 is 20.4 Å². The van der Waals surface area contributed by atoms with Gasteiger partial charge in [-0.25, -0.2) is 0 Å². The lowest BCUT2D eigenvalue weighted by Gasteiger charge is -2.24. The van der Waals surface area contributed by atoms with Gasteiger partial charge in [-0.2, -0.15) is 0 Å². The smallest absolute Gasteiger partial charge is 0.307 e. The van der Waals surface area contributed by atoms with E-state index in [1.165, 1.54) is 0 Å². The van der Waals surface area contributed by atoms with Crippen molar-refractivity contribution in [2.24, 2.45) is 0 Å². The fraction of sp³-hybridized carbons (Fsp3) is 0.417. The molecule has 0 aliphatic heterocycles. The normalized spacial score (nSPS) is 12.1. The number of benzene rings is 2. The van der Waals surface area contributed by atoms with Crippen LogP contribution in [0.3, 0.4) is 0 Å². The number of phenolic OH excluding ortho intramolecular Hbond substituents is 2. The molecule has 0 saturated heterocycles. The molecule has 7 heteroatoms. The van der Waals surface area contributed by atoms with Crippen LogP contribution in [0.4, 0.5) is 0 Å². The molecule has 0 bridgehead atoms. The van der Waals surface area contributed by atoms with Crippen LogP contribution in [-0.2, 0) is 33.3 Å². The molecular weight excluding hydrogens is 416 g/mol. The Morgan fingerprint density at radius 1 is 0.710 bits per heavy atom. The van der Waals surface area contributed by atoms with Crippen LogP contribution in [-0.4, -0.2) is 32.4 Å². The largest absolute Gasteiger partial charge is 0.506 e. The highest BCUT2D eigenvalue weighted by atomic mass is 32.2. The number of phenols is 2. The number of aromatic hydroxyl groups is 2. The molecule has 6 nitrogen and oxygen atoms in total. The Balaban J connectivity index is 2.68. The number of carbonyl (C=O) groups is 2.